The molecule has 144 valence electrons. The van der Waals surface area contributed by atoms with Crippen LogP contribution in [0.3, 0.4) is 0 Å². The van der Waals surface area contributed by atoms with Gasteiger partial charge in [0.1, 0.15) is 5.92 Å². The monoisotopic (exact) mass is 385 g/mol. The maximum absolute atomic E-state index is 13.4. The zero-order valence-electron chi connectivity index (χ0n) is 15.8. The van der Waals surface area contributed by atoms with Gasteiger partial charge in [-0.2, -0.15) is 0 Å². The second-order valence-electron chi connectivity index (χ2n) is 7.29. The average molecular weight is 385 g/mol. The quantitative estimate of drug-likeness (QED) is 0.647. The van der Waals surface area contributed by atoms with E-state index in [9.17, 15) is 9.59 Å². The molecule has 2 aliphatic rings. The second kappa shape index (κ2) is 6.83. The Morgan fingerprint density at radius 1 is 0.862 bits per heavy atom. The second-order valence-corrected chi connectivity index (χ2v) is 7.29. The lowest BCUT2D eigenvalue weighted by molar-refractivity contribution is -0.126. The number of amides is 2. The van der Waals surface area contributed by atoms with Crippen LogP contribution in [0.15, 0.2) is 79.1 Å². The van der Waals surface area contributed by atoms with Crippen LogP contribution in [0.4, 0.5) is 11.4 Å². The lowest BCUT2D eigenvalue weighted by Gasteiger charge is -2.28. The minimum Gasteiger partial charge on any atom is -0.273 e. The van der Waals surface area contributed by atoms with Gasteiger partial charge in [-0.3, -0.25) is 19.4 Å². The minimum absolute atomic E-state index is 0.254. The van der Waals surface area contributed by atoms with E-state index in [1.54, 1.807) is 29.6 Å². The SMILES string of the molecule is Cc1ccc(N2C(=O)[C@H]3[C@@H](ON(c4ccccc4)[C@H]3c3cccnc3)C2=O)cc1. The number of rotatable bonds is 3. The van der Waals surface area contributed by atoms with Crippen molar-refractivity contribution in [3.05, 3.63) is 90.3 Å². The number of benzene rings is 2. The Balaban J connectivity index is 1.58. The third-order valence-corrected chi connectivity index (χ3v) is 5.44. The number of carbonyl (C=O) groups is 2. The van der Waals surface area contributed by atoms with E-state index < -0.39 is 18.1 Å². The number of pyridine rings is 1. The molecule has 1 aromatic heterocycles. The van der Waals surface area contributed by atoms with Crippen molar-refractivity contribution in [1.29, 1.82) is 0 Å². The number of hydroxylamine groups is 1. The van der Waals surface area contributed by atoms with E-state index in [0.29, 0.717) is 5.69 Å². The molecule has 2 fully saturated rings. The van der Waals surface area contributed by atoms with Crippen LogP contribution in [0.25, 0.3) is 0 Å². The van der Waals surface area contributed by atoms with Gasteiger partial charge in [0, 0.05) is 12.4 Å². The standard InChI is InChI=1S/C23H19N3O3/c1-15-9-11-17(12-10-15)25-22(27)19-20(16-6-5-13-24-14-16)26(29-21(19)23(25)28)18-7-3-2-4-8-18/h2-14,19-21H,1H3/t19-,20+,21-/m1/s1. The average Bonchev–Trinajstić information content (AvgIpc) is 3.27. The molecule has 2 saturated heterocycles. The number of imide groups is 1. The molecule has 29 heavy (non-hydrogen) atoms. The highest BCUT2D eigenvalue weighted by molar-refractivity contribution is 6.23. The van der Waals surface area contributed by atoms with Crippen molar-refractivity contribution in [2.75, 3.05) is 9.96 Å². The van der Waals surface area contributed by atoms with Crippen LogP contribution in [0, 0.1) is 12.8 Å². The zero-order chi connectivity index (χ0) is 20.0. The van der Waals surface area contributed by atoms with Crippen LogP contribution >= 0.6 is 0 Å². The molecular weight excluding hydrogens is 366 g/mol. The largest absolute Gasteiger partial charge is 0.273 e. The summed E-state index contributed by atoms with van der Waals surface area (Å²) in [4.78, 5) is 38.1. The summed E-state index contributed by atoms with van der Waals surface area (Å²) in [6.07, 6.45) is 2.54. The molecular formula is C23H19N3O3. The Morgan fingerprint density at radius 2 is 1.62 bits per heavy atom. The molecule has 3 atom stereocenters. The third kappa shape index (κ3) is 2.80. The molecule has 2 aromatic carbocycles. The number of aromatic nitrogens is 1. The van der Waals surface area contributed by atoms with Gasteiger partial charge in [-0.05, 0) is 42.8 Å². The van der Waals surface area contributed by atoms with Crippen molar-refractivity contribution < 1.29 is 14.4 Å². The van der Waals surface area contributed by atoms with Gasteiger partial charge < -0.3 is 0 Å². The zero-order valence-corrected chi connectivity index (χ0v) is 15.8. The highest BCUT2D eigenvalue weighted by Crippen LogP contribution is 2.47. The predicted molar refractivity (Wildman–Crippen MR) is 108 cm³/mol. The van der Waals surface area contributed by atoms with Gasteiger partial charge in [0.05, 0.1) is 17.4 Å². The molecule has 0 aliphatic carbocycles. The third-order valence-electron chi connectivity index (χ3n) is 5.44. The molecule has 6 heteroatoms. The van der Waals surface area contributed by atoms with Crippen molar-refractivity contribution in [2.45, 2.75) is 19.1 Å². The summed E-state index contributed by atoms with van der Waals surface area (Å²) in [5.74, 6) is -1.24. The summed E-state index contributed by atoms with van der Waals surface area (Å²) in [6.45, 7) is 1.96. The number of hydrogen-bond donors (Lipinski definition) is 0. The van der Waals surface area contributed by atoms with Gasteiger partial charge >= 0.3 is 0 Å². The van der Waals surface area contributed by atoms with E-state index in [4.69, 9.17) is 4.84 Å². The van der Waals surface area contributed by atoms with Crippen molar-refractivity contribution in [3.8, 4) is 0 Å². The van der Waals surface area contributed by atoms with E-state index in [2.05, 4.69) is 4.98 Å². The molecule has 2 aliphatic heterocycles. The van der Waals surface area contributed by atoms with Crippen molar-refractivity contribution >= 4 is 23.2 Å². The number of carbonyl (C=O) groups excluding carboxylic acids is 2. The number of hydrogen-bond acceptors (Lipinski definition) is 5. The van der Waals surface area contributed by atoms with E-state index in [0.717, 1.165) is 16.8 Å². The first kappa shape index (κ1) is 17.6. The molecule has 0 unspecified atom stereocenters. The summed E-state index contributed by atoms with van der Waals surface area (Å²) in [5, 5.41) is 1.68. The number of anilines is 2. The molecule has 0 radical (unpaired) electrons. The fourth-order valence-electron chi connectivity index (χ4n) is 4.05. The van der Waals surface area contributed by atoms with Crippen molar-refractivity contribution in [1.82, 2.24) is 4.98 Å². The lowest BCUT2D eigenvalue weighted by Crippen LogP contribution is -2.37. The smallest absolute Gasteiger partial charge is 0.266 e. The molecule has 0 saturated carbocycles. The van der Waals surface area contributed by atoms with Crippen LogP contribution in [-0.4, -0.2) is 22.9 Å². The summed E-state index contributed by atoms with van der Waals surface area (Å²) in [7, 11) is 0. The van der Waals surface area contributed by atoms with Crippen molar-refractivity contribution in [3.63, 3.8) is 0 Å². The highest BCUT2D eigenvalue weighted by atomic mass is 16.7. The van der Waals surface area contributed by atoms with Crippen LogP contribution in [0.5, 0.6) is 0 Å². The number of aryl methyl sites for hydroxylation is 1. The Hall–Kier alpha value is -3.51. The van der Waals surface area contributed by atoms with E-state index in [-0.39, 0.29) is 11.8 Å². The minimum atomic E-state index is -0.866. The normalized spacial score (nSPS) is 23.6. The van der Waals surface area contributed by atoms with Crippen molar-refractivity contribution in [2.24, 2.45) is 5.92 Å². The molecule has 3 aromatic rings. The van der Waals surface area contributed by atoms with Crippen LogP contribution in [0.2, 0.25) is 0 Å². The first-order chi connectivity index (χ1) is 14.1. The molecule has 0 N–H and O–H groups in total. The fraction of sp³-hybridized carbons (Fsp3) is 0.174. The first-order valence-electron chi connectivity index (χ1n) is 9.50. The predicted octanol–water partition coefficient (Wildman–Crippen LogP) is 3.44. The van der Waals surface area contributed by atoms with Gasteiger partial charge in [0.15, 0.2) is 6.10 Å². The maximum atomic E-state index is 13.4. The van der Waals surface area contributed by atoms with E-state index in [1.807, 2.05) is 61.5 Å². The number of para-hydroxylation sites is 1. The van der Waals surface area contributed by atoms with Gasteiger partial charge in [0.2, 0.25) is 5.91 Å². The Morgan fingerprint density at radius 3 is 2.31 bits per heavy atom. The van der Waals surface area contributed by atoms with Crippen LogP contribution in [-0.2, 0) is 14.4 Å². The summed E-state index contributed by atoms with van der Waals surface area (Å²) in [5.41, 5.74) is 3.25. The number of nitrogens with zero attached hydrogens (tertiary/aromatic N) is 3. The molecule has 6 nitrogen and oxygen atoms in total. The molecule has 0 bridgehead atoms. The molecule has 5 rings (SSSR count). The summed E-state index contributed by atoms with van der Waals surface area (Å²) < 4.78 is 0. The van der Waals surface area contributed by atoms with Gasteiger partial charge in [-0.25, -0.2) is 9.96 Å². The Labute approximate surface area is 168 Å². The number of fused-ring (bicyclic) bond motifs is 1. The van der Waals surface area contributed by atoms with Crippen LogP contribution in [0.1, 0.15) is 17.2 Å². The summed E-state index contributed by atoms with van der Waals surface area (Å²) in [6, 6.07) is 20.2. The topological polar surface area (TPSA) is 62.7 Å². The highest BCUT2D eigenvalue weighted by Gasteiger charge is 2.60. The van der Waals surface area contributed by atoms with Gasteiger partial charge in [-0.1, -0.05) is 42.0 Å². The Bertz CT molecular complexity index is 1050. The first-order valence-corrected chi connectivity index (χ1v) is 9.50. The lowest BCUT2D eigenvalue weighted by atomic mass is 9.91. The molecule has 3 heterocycles. The van der Waals surface area contributed by atoms with Gasteiger partial charge in [0.25, 0.3) is 5.91 Å². The molecule has 2 amide bonds. The summed E-state index contributed by atoms with van der Waals surface area (Å²) >= 11 is 0. The fourth-order valence-corrected chi connectivity index (χ4v) is 4.05. The maximum Gasteiger partial charge on any atom is 0.266 e. The van der Waals surface area contributed by atoms with Crippen LogP contribution < -0.4 is 9.96 Å². The van der Waals surface area contributed by atoms with Gasteiger partial charge in [-0.15, -0.1) is 0 Å². The molecule has 0 spiro atoms. The van der Waals surface area contributed by atoms with E-state index >= 15 is 0 Å². The van der Waals surface area contributed by atoms with E-state index in [1.165, 1.54) is 4.90 Å². The Kier molecular flexibility index (Phi) is 4.14.